The summed E-state index contributed by atoms with van der Waals surface area (Å²) in [6.45, 7) is 1.57. The van der Waals surface area contributed by atoms with Gasteiger partial charge in [0.15, 0.2) is 0 Å². The van der Waals surface area contributed by atoms with E-state index < -0.39 is 17.7 Å². The number of alkyl halides is 3. The highest BCUT2D eigenvalue weighted by molar-refractivity contribution is 9.10. The average Bonchev–Trinajstić information content (AvgIpc) is 3.12. The predicted molar refractivity (Wildman–Crippen MR) is 106 cm³/mol. The van der Waals surface area contributed by atoms with Gasteiger partial charge in [0.05, 0.1) is 21.3 Å². The molecule has 0 atom stereocenters. The van der Waals surface area contributed by atoms with Crippen LogP contribution in [0.2, 0.25) is 0 Å². The van der Waals surface area contributed by atoms with E-state index in [4.69, 9.17) is 0 Å². The number of fused-ring (bicyclic) bond motifs is 2. The molecule has 4 aromatic rings. The molecular weight excluding hydrogens is 457 g/mol. The summed E-state index contributed by atoms with van der Waals surface area (Å²) >= 11 is 4.68. The van der Waals surface area contributed by atoms with E-state index in [1.54, 1.807) is 11.5 Å². The molecule has 0 radical (unpaired) electrons. The van der Waals surface area contributed by atoms with E-state index in [9.17, 15) is 23.1 Å². The molecule has 0 unspecified atom stereocenters. The van der Waals surface area contributed by atoms with Crippen LogP contribution in [-0.4, -0.2) is 20.6 Å². The summed E-state index contributed by atoms with van der Waals surface area (Å²) in [6.07, 6.45) is -4.43. The second-order valence-electron chi connectivity index (χ2n) is 6.30. The van der Waals surface area contributed by atoms with E-state index in [2.05, 4.69) is 20.9 Å². The van der Waals surface area contributed by atoms with Crippen molar-refractivity contribution >= 4 is 54.4 Å². The van der Waals surface area contributed by atoms with Crippen LogP contribution in [-0.2, 0) is 17.5 Å². The van der Waals surface area contributed by atoms with Gasteiger partial charge in [-0.25, -0.2) is 4.98 Å². The molecule has 4 rings (SSSR count). The number of hydrogen-bond donors (Lipinski definition) is 1. The highest BCUT2D eigenvalue weighted by atomic mass is 79.9. The Morgan fingerprint density at radius 3 is 2.68 bits per heavy atom. The van der Waals surface area contributed by atoms with Crippen molar-refractivity contribution < 1.29 is 23.1 Å². The molecule has 0 saturated carbocycles. The molecular formula is C19H12BrF3N2O2S. The van der Waals surface area contributed by atoms with Crippen molar-refractivity contribution in [3.05, 3.63) is 52.1 Å². The first-order valence-electron chi connectivity index (χ1n) is 8.13. The number of aliphatic carboxylic acids is 1. The number of rotatable bonds is 3. The number of carboxylic acid groups (broad SMARTS) is 1. The van der Waals surface area contributed by atoms with Gasteiger partial charge in [0.2, 0.25) is 0 Å². The second kappa shape index (κ2) is 6.59. The lowest BCUT2D eigenvalue weighted by Gasteiger charge is -2.05. The van der Waals surface area contributed by atoms with Crippen LogP contribution in [0.25, 0.3) is 31.7 Å². The number of carbonyl (C=O) groups is 1. The zero-order chi connectivity index (χ0) is 20.2. The van der Waals surface area contributed by atoms with Crippen LogP contribution in [0.1, 0.15) is 11.3 Å². The minimum atomic E-state index is -4.43. The van der Waals surface area contributed by atoms with Gasteiger partial charge in [-0.1, -0.05) is 22.0 Å². The van der Waals surface area contributed by atoms with Gasteiger partial charge in [-0.3, -0.25) is 4.79 Å². The number of benzene rings is 2. The molecule has 1 N–H and O–H groups in total. The molecule has 0 aliphatic heterocycles. The lowest BCUT2D eigenvalue weighted by atomic mass is 10.1. The molecule has 28 heavy (non-hydrogen) atoms. The Labute approximate surface area is 169 Å². The number of carboxylic acids is 1. The maximum absolute atomic E-state index is 13.0. The van der Waals surface area contributed by atoms with E-state index in [-0.39, 0.29) is 12.1 Å². The third-order valence-electron chi connectivity index (χ3n) is 4.51. The van der Waals surface area contributed by atoms with E-state index in [1.807, 2.05) is 18.2 Å². The fraction of sp³-hybridized carbons (Fsp3) is 0.158. The Balaban J connectivity index is 1.96. The van der Waals surface area contributed by atoms with Crippen LogP contribution in [0.5, 0.6) is 0 Å². The minimum absolute atomic E-state index is 0.220. The minimum Gasteiger partial charge on any atom is -0.480 e. The van der Waals surface area contributed by atoms with Crippen LogP contribution in [0.15, 0.2) is 40.9 Å². The third kappa shape index (κ3) is 3.18. The largest absolute Gasteiger partial charge is 0.480 e. The van der Waals surface area contributed by atoms with Crippen molar-refractivity contribution in [2.45, 2.75) is 19.6 Å². The van der Waals surface area contributed by atoms with Gasteiger partial charge in [0, 0.05) is 21.1 Å². The number of thiazole rings is 1. The normalized spacial score (nSPS) is 12.2. The van der Waals surface area contributed by atoms with E-state index in [0.29, 0.717) is 15.4 Å². The van der Waals surface area contributed by atoms with Crippen LogP contribution in [0.4, 0.5) is 13.2 Å². The first-order chi connectivity index (χ1) is 13.1. The smallest absolute Gasteiger partial charge is 0.416 e. The first-order valence-corrected chi connectivity index (χ1v) is 9.74. The SMILES string of the molecule is Cc1c(-c2nc3cc(C(F)(F)F)ccc3s2)c2ccc(Br)cc2n1CC(=O)O. The quantitative estimate of drug-likeness (QED) is 0.395. The van der Waals surface area contributed by atoms with Crippen molar-refractivity contribution in [1.29, 1.82) is 0 Å². The molecule has 4 nitrogen and oxygen atoms in total. The molecule has 2 heterocycles. The zero-order valence-corrected chi connectivity index (χ0v) is 16.7. The van der Waals surface area contributed by atoms with Gasteiger partial charge < -0.3 is 9.67 Å². The third-order valence-corrected chi connectivity index (χ3v) is 6.06. The monoisotopic (exact) mass is 468 g/mol. The van der Waals surface area contributed by atoms with Crippen molar-refractivity contribution in [1.82, 2.24) is 9.55 Å². The van der Waals surface area contributed by atoms with Crippen molar-refractivity contribution in [3.63, 3.8) is 0 Å². The second-order valence-corrected chi connectivity index (χ2v) is 8.25. The lowest BCUT2D eigenvalue weighted by molar-refractivity contribution is -0.138. The van der Waals surface area contributed by atoms with Crippen LogP contribution >= 0.6 is 27.3 Å². The van der Waals surface area contributed by atoms with Crippen LogP contribution < -0.4 is 0 Å². The number of aromatic nitrogens is 2. The molecule has 0 bridgehead atoms. The molecule has 2 aromatic carbocycles. The summed E-state index contributed by atoms with van der Waals surface area (Å²) in [4.78, 5) is 15.7. The summed E-state index contributed by atoms with van der Waals surface area (Å²) in [6, 6.07) is 9.02. The van der Waals surface area contributed by atoms with E-state index >= 15 is 0 Å². The molecule has 2 aromatic heterocycles. The fourth-order valence-electron chi connectivity index (χ4n) is 3.27. The highest BCUT2D eigenvalue weighted by Gasteiger charge is 2.31. The molecule has 0 amide bonds. The van der Waals surface area contributed by atoms with Gasteiger partial charge in [-0.15, -0.1) is 11.3 Å². The van der Waals surface area contributed by atoms with Crippen molar-refractivity contribution in [3.8, 4) is 10.6 Å². The van der Waals surface area contributed by atoms with Gasteiger partial charge >= 0.3 is 12.1 Å². The fourth-order valence-corrected chi connectivity index (χ4v) is 4.68. The Hall–Kier alpha value is -2.39. The average molecular weight is 469 g/mol. The van der Waals surface area contributed by atoms with Gasteiger partial charge in [0.25, 0.3) is 0 Å². The summed E-state index contributed by atoms with van der Waals surface area (Å²) in [7, 11) is 0. The first kappa shape index (κ1) is 18.9. The molecule has 0 saturated heterocycles. The molecule has 9 heteroatoms. The number of halogens is 4. The van der Waals surface area contributed by atoms with Crippen LogP contribution in [0.3, 0.4) is 0 Å². The Morgan fingerprint density at radius 1 is 1.25 bits per heavy atom. The maximum Gasteiger partial charge on any atom is 0.416 e. The van der Waals surface area contributed by atoms with Crippen molar-refractivity contribution in [2.75, 3.05) is 0 Å². The molecule has 0 aliphatic rings. The Kier molecular flexibility index (Phi) is 4.46. The molecule has 144 valence electrons. The molecule has 0 fully saturated rings. The summed E-state index contributed by atoms with van der Waals surface area (Å²) in [5, 5.41) is 10.6. The predicted octanol–water partition coefficient (Wildman–Crippen LogP) is 6.09. The Morgan fingerprint density at radius 2 is 2.00 bits per heavy atom. The van der Waals surface area contributed by atoms with E-state index in [1.165, 1.54) is 17.4 Å². The maximum atomic E-state index is 13.0. The zero-order valence-electron chi connectivity index (χ0n) is 14.3. The molecule has 0 spiro atoms. The standard InChI is InChI=1S/C19H12BrF3N2O2S/c1-9-17(12-4-3-11(20)7-14(12)25(9)8-16(26)27)18-24-13-6-10(19(21,22)23)2-5-15(13)28-18/h2-7H,8H2,1H3,(H,26,27). The van der Waals surface area contributed by atoms with Gasteiger partial charge in [-0.05, 0) is 37.3 Å². The summed E-state index contributed by atoms with van der Waals surface area (Å²) < 4.78 is 42.1. The molecule has 0 aliphatic carbocycles. The lowest BCUT2D eigenvalue weighted by Crippen LogP contribution is -2.09. The summed E-state index contributed by atoms with van der Waals surface area (Å²) in [5.74, 6) is -0.981. The van der Waals surface area contributed by atoms with E-state index in [0.717, 1.165) is 33.1 Å². The van der Waals surface area contributed by atoms with Gasteiger partial charge in [0.1, 0.15) is 11.6 Å². The van der Waals surface area contributed by atoms with Crippen molar-refractivity contribution in [2.24, 2.45) is 0 Å². The van der Waals surface area contributed by atoms with Crippen LogP contribution in [0, 0.1) is 6.92 Å². The Bertz CT molecular complexity index is 1240. The summed E-state index contributed by atoms with van der Waals surface area (Å²) in [5.41, 5.74) is 1.68. The topological polar surface area (TPSA) is 55.1 Å². The van der Waals surface area contributed by atoms with Gasteiger partial charge in [-0.2, -0.15) is 13.2 Å². The highest BCUT2D eigenvalue weighted by Crippen LogP contribution is 2.40. The number of nitrogens with zero attached hydrogens (tertiary/aromatic N) is 2. The number of hydrogen-bond acceptors (Lipinski definition) is 3.